The Bertz CT molecular complexity index is 1550. The number of para-hydroxylation sites is 2. The first-order valence-corrected chi connectivity index (χ1v) is 11.5. The van der Waals surface area contributed by atoms with Crippen molar-refractivity contribution in [2.75, 3.05) is 13.1 Å². The number of hydrogen-bond donors (Lipinski definition) is 2. The highest BCUT2D eigenvalue weighted by atomic mass is 35.5. The number of aryl methyl sites for hydroxylation is 1. The van der Waals surface area contributed by atoms with E-state index in [-0.39, 0.29) is 29.6 Å². The summed E-state index contributed by atoms with van der Waals surface area (Å²) in [6, 6.07) is 16.3. The number of rotatable bonds is 2. The van der Waals surface area contributed by atoms with Gasteiger partial charge in [0.25, 0.3) is 11.8 Å². The number of nitrogens with one attached hydrogen (secondary N) is 2. The van der Waals surface area contributed by atoms with E-state index in [0.29, 0.717) is 11.1 Å². The average Bonchev–Trinajstić information content (AvgIpc) is 3.60. The van der Waals surface area contributed by atoms with Gasteiger partial charge in [-0.3, -0.25) is 14.9 Å². The number of fused-ring (bicyclic) bond motifs is 4. The molecule has 2 amide bonds. The van der Waals surface area contributed by atoms with Gasteiger partial charge in [-0.2, -0.15) is 0 Å². The summed E-state index contributed by atoms with van der Waals surface area (Å²) in [5, 5.41) is 8.17. The van der Waals surface area contributed by atoms with Gasteiger partial charge in [-0.05, 0) is 31.5 Å². The molecule has 0 radical (unpaired) electrons. The van der Waals surface area contributed by atoms with Gasteiger partial charge in [0.2, 0.25) is 0 Å². The second-order valence-electron chi connectivity index (χ2n) is 9.73. The molecule has 34 heavy (non-hydrogen) atoms. The van der Waals surface area contributed by atoms with E-state index in [2.05, 4.69) is 33.4 Å². The van der Waals surface area contributed by atoms with Crippen molar-refractivity contribution >= 4 is 57.2 Å². The molecule has 0 bridgehead atoms. The van der Waals surface area contributed by atoms with Gasteiger partial charge in [-0.25, -0.2) is 0 Å². The number of amides is 2. The Morgan fingerprint density at radius 3 is 2.38 bits per heavy atom. The molecule has 0 saturated carbocycles. The second kappa shape index (κ2) is 7.32. The molecule has 7 rings (SSSR count). The summed E-state index contributed by atoms with van der Waals surface area (Å²) in [6.45, 7) is 2.96. The summed E-state index contributed by atoms with van der Waals surface area (Å²) in [7, 11) is 1.98. The first-order valence-electron chi connectivity index (χ1n) is 11.5. The van der Waals surface area contributed by atoms with E-state index < -0.39 is 0 Å². The number of carbonyl (C=O) groups excluding carboxylic acids is 2. The molecule has 0 aliphatic carbocycles. The van der Waals surface area contributed by atoms with Gasteiger partial charge in [-0.15, -0.1) is 12.4 Å². The topological polar surface area (TPSA) is 68.1 Å². The lowest BCUT2D eigenvalue weighted by Gasteiger charge is -2.21. The molecule has 1 fully saturated rings. The number of carbonyl (C=O) groups is 2. The maximum Gasteiger partial charge on any atom is 0.259 e. The first kappa shape index (κ1) is 21.2. The van der Waals surface area contributed by atoms with Crippen LogP contribution >= 0.6 is 12.4 Å². The van der Waals surface area contributed by atoms with Gasteiger partial charge in [0.15, 0.2) is 0 Å². The van der Waals surface area contributed by atoms with Gasteiger partial charge < -0.3 is 14.5 Å². The van der Waals surface area contributed by atoms with Crippen LogP contribution in [0.5, 0.6) is 0 Å². The normalized spacial score (nSPS) is 21.7. The average molecular weight is 473 g/mol. The van der Waals surface area contributed by atoms with E-state index in [0.717, 1.165) is 65.4 Å². The van der Waals surface area contributed by atoms with E-state index in [1.54, 1.807) is 0 Å². The summed E-state index contributed by atoms with van der Waals surface area (Å²) in [4.78, 5) is 26.6. The number of benzene rings is 2. The van der Waals surface area contributed by atoms with Crippen LogP contribution in [-0.2, 0) is 29.6 Å². The predicted molar refractivity (Wildman–Crippen MR) is 136 cm³/mol. The van der Waals surface area contributed by atoms with Crippen molar-refractivity contribution in [3.63, 3.8) is 0 Å². The third-order valence-electron chi connectivity index (χ3n) is 7.79. The molecule has 6 nitrogen and oxygen atoms in total. The molecule has 2 N–H and O–H groups in total. The number of imide groups is 1. The summed E-state index contributed by atoms with van der Waals surface area (Å²) in [5.41, 5.74) is 6.29. The minimum Gasteiger partial charge on any atom is -0.350 e. The molecule has 2 aromatic heterocycles. The lowest BCUT2D eigenvalue weighted by atomic mass is 9.83. The molecule has 1 unspecified atom stereocenters. The van der Waals surface area contributed by atoms with Crippen LogP contribution in [-0.4, -0.2) is 34.0 Å². The maximum absolute atomic E-state index is 13.3. The minimum absolute atomic E-state index is 0. The molecular weight excluding hydrogens is 448 g/mol. The second-order valence-corrected chi connectivity index (χ2v) is 9.73. The molecule has 2 aromatic carbocycles. The van der Waals surface area contributed by atoms with Gasteiger partial charge >= 0.3 is 0 Å². The van der Waals surface area contributed by atoms with Crippen LogP contribution in [0.15, 0.2) is 54.7 Å². The molecule has 172 valence electrons. The summed E-state index contributed by atoms with van der Waals surface area (Å²) < 4.78 is 4.41. The minimum atomic E-state index is -0.314. The predicted octanol–water partition coefficient (Wildman–Crippen LogP) is 3.66. The number of aromatic nitrogens is 2. The quantitative estimate of drug-likeness (QED) is 0.437. The Morgan fingerprint density at radius 2 is 1.62 bits per heavy atom. The van der Waals surface area contributed by atoms with Crippen LogP contribution in [0.4, 0.5) is 0 Å². The largest absolute Gasteiger partial charge is 0.350 e. The Balaban J connectivity index is 0.00000217. The zero-order valence-electron chi connectivity index (χ0n) is 18.9. The van der Waals surface area contributed by atoms with E-state index in [1.807, 2.05) is 48.1 Å². The van der Waals surface area contributed by atoms with Crippen LogP contribution in [0.25, 0.3) is 33.0 Å². The molecule has 3 aliphatic heterocycles. The SMILES string of the molecule is Cl.Cn1cc(C2=C(c3c4n(c5ccccc35)CC3(CCNC3)C4)C(=O)NC2=O)c2ccccc21. The Hall–Kier alpha value is -3.35. The standard InChI is InChI=1S/C27H24N4O2.ClH/c1-30-13-18(16-6-2-4-8-19(16)30)23-24(26(33)29-25(23)32)22-17-7-3-5-9-20(17)31-15-27(12-21(22)31)10-11-28-14-27;/h2-9,13,28H,10-12,14-15H2,1H3,(H,29,32,33);1H. The highest BCUT2D eigenvalue weighted by molar-refractivity contribution is 6.51. The molecule has 3 aliphatic rings. The third kappa shape index (κ3) is 2.73. The smallest absolute Gasteiger partial charge is 0.259 e. The zero-order chi connectivity index (χ0) is 22.3. The third-order valence-corrected chi connectivity index (χ3v) is 7.79. The molecule has 1 saturated heterocycles. The number of halogens is 1. The lowest BCUT2D eigenvalue weighted by Crippen LogP contribution is -2.25. The Kier molecular flexibility index (Phi) is 4.57. The molecular formula is C27H25ClN4O2. The van der Waals surface area contributed by atoms with E-state index in [9.17, 15) is 9.59 Å². The summed E-state index contributed by atoms with van der Waals surface area (Å²) in [6.07, 6.45) is 4.01. The van der Waals surface area contributed by atoms with Gasteiger partial charge in [0.05, 0.1) is 11.1 Å². The fourth-order valence-electron chi connectivity index (χ4n) is 6.32. The van der Waals surface area contributed by atoms with Crippen LogP contribution in [0.1, 0.15) is 23.2 Å². The van der Waals surface area contributed by atoms with Crippen LogP contribution in [0.3, 0.4) is 0 Å². The van der Waals surface area contributed by atoms with E-state index in [1.165, 1.54) is 5.69 Å². The number of nitrogens with zero attached hydrogens (tertiary/aromatic N) is 2. The molecule has 1 spiro atoms. The van der Waals surface area contributed by atoms with Gasteiger partial charge in [0, 0.05) is 70.4 Å². The highest BCUT2D eigenvalue weighted by Gasteiger charge is 2.44. The Morgan fingerprint density at radius 1 is 0.912 bits per heavy atom. The summed E-state index contributed by atoms with van der Waals surface area (Å²) >= 11 is 0. The lowest BCUT2D eigenvalue weighted by molar-refractivity contribution is -0.122. The zero-order valence-corrected chi connectivity index (χ0v) is 19.7. The van der Waals surface area contributed by atoms with Crippen molar-refractivity contribution in [2.45, 2.75) is 19.4 Å². The maximum atomic E-state index is 13.3. The van der Waals surface area contributed by atoms with Crippen LogP contribution < -0.4 is 10.6 Å². The van der Waals surface area contributed by atoms with Crippen molar-refractivity contribution in [3.8, 4) is 0 Å². The molecule has 1 atom stereocenters. The monoisotopic (exact) mass is 472 g/mol. The van der Waals surface area contributed by atoms with E-state index in [4.69, 9.17) is 0 Å². The highest BCUT2D eigenvalue weighted by Crippen LogP contribution is 2.47. The Labute approximate surface area is 203 Å². The fraction of sp³-hybridized carbons (Fsp3) is 0.259. The first-order chi connectivity index (χ1) is 16.1. The van der Waals surface area contributed by atoms with Crippen LogP contribution in [0, 0.1) is 5.41 Å². The molecule has 5 heterocycles. The van der Waals surface area contributed by atoms with Gasteiger partial charge in [0.1, 0.15) is 0 Å². The van der Waals surface area contributed by atoms with Gasteiger partial charge in [-0.1, -0.05) is 36.4 Å². The number of hydrogen-bond acceptors (Lipinski definition) is 3. The fourth-order valence-corrected chi connectivity index (χ4v) is 6.32. The van der Waals surface area contributed by atoms with E-state index >= 15 is 0 Å². The van der Waals surface area contributed by atoms with Crippen molar-refractivity contribution in [1.82, 2.24) is 19.8 Å². The van der Waals surface area contributed by atoms with Crippen molar-refractivity contribution in [3.05, 3.63) is 71.5 Å². The van der Waals surface area contributed by atoms with Crippen molar-refractivity contribution < 1.29 is 9.59 Å². The van der Waals surface area contributed by atoms with Crippen molar-refractivity contribution in [1.29, 1.82) is 0 Å². The molecule has 4 aromatic rings. The van der Waals surface area contributed by atoms with Crippen molar-refractivity contribution in [2.24, 2.45) is 12.5 Å². The molecule has 7 heteroatoms. The van der Waals surface area contributed by atoms with Crippen LogP contribution in [0.2, 0.25) is 0 Å². The summed E-state index contributed by atoms with van der Waals surface area (Å²) in [5.74, 6) is -0.613.